The van der Waals surface area contributed by atoms with E-state index in [2.05, 4.69) is 4.98 Å². The van der Waals surface area contributed by atoms with E-state index >= 15 is 0 Å². The van der Waals surface area contributed by atoms with Gasteiger partial charge in [0.2, 0.25) is 5.91 Å². The van der Waals surface area contributed by atoms with Gasteiger partial charge >= 0.3 is 0 Å². The second-order valence-corrected chi connectivity index (χ2v) is 7.87. The van der Waals surface area contributed by atoms with Gasteiger partial charge in [-0.25, -0.2) is 9.97 Å². The normalized spacial score (nSPS) is 25.8. The minimum atomic E-state index is -0.278. The van der Waals surface area contributed by atoms with E-state index < -0.39 is 0 Å². The molecule has 0 N–H and O–H groups in total. The fourth-order valence-electron chi connectivity index (χ4n) is 4.33. The zero-order chi connectivity index (χ0) is 18.8. The molecule has 1 aromatic heterocycles. The fourth-order valence-corrected chi connectivity index (χ4v) is 4.33. The Bertz CT molecular complexity index is 717. The van der Waals surface area contributed by atoms with E-state index in [0.29, 0.717) is 26.2 Å². The summed E-state index contributed by atoms with van der Waals surface area (Å²) >= 11 is 0. The average Bonchev–Trinajstić information content (AvgIpc) is 2.73. The van der Waals surface area contributed by atoms with Crippen molar-refractivity contribution in [2.45, 2.75) is 64.0 Å². The zero-order valence-electron chi connectivity index (χ0n) is 16.0. The SMILES string of the molecule is CC(=O)N1CCCC(c2ncc3c(n2)CCN(C(=O)C2CCCCO2)C3)C1. The summed E-state index contributed by atoms with van der Waals surface area (Å²) in [6.45, 7) is 5.10. The van der Waals surface area contributed by atoms with Crippen LogP contribution < -0.4 is 0 Å². The first-order chi connectivity index (χ1) is 13.1. The van der Waals surface area contributed by atoms with Gasteiger partial charge in [0.25, 0.3) is 5.91 Å². The number of hydrogen-bond acceptors (Lipinski definition) is 5. The summed E-state index contributed by atoms with van der Waals surface area (Å²) in [6, 6.07) is 0. The summed E-state index contributed by atoms with van der Waals surface area (Å²) in [5, 5.41) is 0. The molecule has 3 aliphatic rings. The van der Waals surface area contributed by atoms with Crippen LogP contribution in [0.5, 0.6) is 0 Å². The van der Waals surface area contributed by atoms with Gasteiger partial charge in [0.1, 0.15) is 11.9 Å². The first-order valence-corrected chi connectivity index (χ1v) is 10.1. The van der Waals surface area contributed by atoms with Gasteiger partial charge < -0.3 is 14.5 Å². The molecule has 2 unspecified atom stereocenters. The molecule has 2 saturated heterocycles. The molecule has 27 heavy (non-hydrogen) atoms. The highest BCUT2D eigenvalue weighted by Crippen LogP contribution is 2.27. The van der Waals surface area contributed by atoms with Crippen molar-refractivity contribution in [3.8, 4) is 0 Å². The van der Waals surface area contributed by atoms with Crippen molar-refractivity contribution in [1.29, 1.82) is 0 Å². The lowest BCUT2D eigenvalue weighted by Crippen LogP contribution is -2.44. The topological polar surface area (TPSA) is 75.6 Å². The van der Waals surface area contributed by atoms with E-state index in [1.54, 1.807) is 6.92 Å². The highest BCUT2D eigenvalue weighted by molar-refractivity contribution is 5.81. The van der Waals surface area contributed by atoms with Crippen LogP contribution in [0.3, 0.4) is 0 Å². The van der Waals surface area contributed by atoms with E-state index in [4.69, 9.17) is 9.72 Å². The number of ether oxygens (including phenoxy) is 1. The monoisotopic (exact) mass is 372 g/mol. The van der Waals surface area contributed by atoms with Gasteiger partial charge in [0, 0.05) is 63.8 Å². The standard InChI is InChI=1S/C20H28N4O3/c1-14(25)23-8-4-5-15(12-23)19-21-11-16-13-24(9-7-17(16)22-19)20(26)18-6-2-3-10-27-18/h11,15,18H,2-10,12-13H2,1H3. The van der Waals surface area contributed by atoms with Crippen LogP contribution in [0.2, 0.25) is 0 Å². The molecule has 3 aliphatic heterocycles. The highest BCUT2D eigenvalue weighted by atomic mass is 16.5. The number of carbonyl (C=O) groups excluding carboxylic acids is 2. The van der Waals surface area contributed by atoms with Crippen LogP contribution in [0.15, 0.2) is 6.20 Å². The third kappa shape index (κ3) is 3.98. The molecule has 2 atom stereocenters. The maximum Gasteiger partial charge on any atom is 0.252 e. The quantitative estimate of drug-likeness (QED) is 0.789. The highest BCUT2D eigenvalue weighted by Gasteiger charge is 2.31. The van der Waals surface area contributed by atoms with Crippen LogP contribution in [0.4, 0.5) is 0 Å². The van der Waals surface area contributed by atoms with Gasteiger partial charge in [-0.15, -0.1) is 0 Å². The Labute approximate surface area is 160 Å². The average molecular weight is 372 g/mol. The van der Waals surface area contributed by atoms with Crippen molar-refractivity contribution in [3.63, 3.8) is 0 Å². The number of likely N-dealkylation sites (tertiary alicyclic amines) is 1. The third-order valence-electron chi connectivity index (χ3n) is 5.95. The van der Waals surface area contributed by atoms with Crippen molar-refractivity contribution in [2.75, 3.05) is 26.2 Å². The second-order valence-electron chi connectivity index (χ2n) is 7.87. The number of aromatic nitrogens is 2. The van der Waals surface area contributed by atoms with Crippen LogP contribution in [-0.2, 0) is 27.3 Å². The molecule has 0 saturated carbocycles. The molecule has 4 heterocycles. The van der Waals surface area contributed by atoms with E-state index in [9.17, 15) is 9.59 Å². The van der Waals surface area contributed by atoms with E-state index in [1.165, 1.54) is 0 Å². The van der Waals surface area contributed by atoms with Crippen LogP contribution in [0.25, 0.3) is 0 Å². The number of hydrogen-bond donors (Lipinski definition) is 0. The molecule has 2 amide bonds. The number of rotatable bonds is 2. The molecule has 0 bridgehead atoms. The van der Waals surface area contributed by atoms with Gasteiger partial charge in [0.15, 0.2) is 0 Å². The smallest absolute Gasteiger partial charge is 0.252 e. The Morgan fingerprint density at radius 3 is 2.81 bits per heavy atom. The number of piperidine rings is 1. The summed E-state index contributed by atoms with van der Waals surface area (Å²) < 4.78 is 5.65. The van der Waals surface area contributed by atoms with Gasteiger partial charge in [0.05, 0.1) is 5.69 Å². The molecular weight excluding hydrogens is 344 g/mol. The molecule has 146 valence electrons. The molecule has 1 aromatic rings. The lowest BCUT2D eigenvalue weighted by atomic mass is 9.96. The van der Waals surface area contributed by atoms with E-state index in [-0.39, 0.29) is 23.8 Å². The van der Waals surface area contributed by atoms with E-state index in [1.807, 2.05) is 16.0 Å². The van der Waals surface area contributed by atoms with Crippen LogP contribution in [-0.4, -0.2) is 63.9 Å². The Kier molecular flexibility index (Phi) is 5.38. The summed E-state index contributed by atoms with van der Waals surface area (Å²) in [6.07, 6.45) is 7.31. The number of nitrogens with zero attached hydrogens (tertiary/aromatic N) is 4. The lowest BCUT2D eigenvalue weighted by molar-refractivity contribution is -0.147. The second kappa shape index (κ2) is 7.92. The van der Waals surface area contributed by atoms with Gasteiger partial charge in [-0.05, 0) is 32.1 Å². The molecule has 7 heteroatoms. The predicted octanol–water partition coefficient (Wildman–Crippen LogP) is 1.66. The minimum Gasteiger partial charge on any atom is -0.368 e. The first kappa shape index (κ1) is 18.3. The Balaban J connectivity index is 1.43. The Hall–Kier alpha value is -2.02. The molecule has 2 fully saturated rings. The van der Waals surface area contributed by atoms with Crippen molar-refractivity contribution < 1.29 is 14.3 Å². The molecule has 0 aliphatic carbocycles. The zero-order valence-corrected chi connectivity index (χ0v) is 16.0. The van der Waals surface area contributed by atoms with E-state index in [0.717, 1.165) is 62.2 Å². The Morgan fingerprint density at radius 2 is 2.04 bits per heavy atom. The molecule has 0 aromatic carbocycles. The summed E-state index contributed by atoms with van der Waals surface area (Å²) in [4.78, 5) is 37.6. The number of fused-ring (bicyclic) bond motifs is 1. The molecule has 0 radical (unpaired) electrons. The molecule has 4 rings (SSSR count). The molecule has 0 spiro atoms. The van der Waals surface area contributed by atoms with Crippen molar-refractivity contribution in [1.82, 2.24) is 19.8 Å². The Morgan fingerprint density at radius 1 is 1.15 bits per heavy atom. The maximum atomic E-state index is 12.7. The predicted molar refractivity (Wildman–Crippen MR) is 99.0 cm³/mol. The first-order valence-electron chi connectivity index (χ1n) is 10.1. The molecular formula is C20H28N4O3. The van der Waals surface area contributed by atoms with Gasteiger partial charge in [-0.3, -0.25) is 9.59 Å². The van der Waals surface area contributed by atoms with Crippen molar-refractivity contribution in [3.05, 3.63) is 23.3 Å². The fraction of sp³-hybridized carbons (Fsp3) is 0.700. The van der Waals surface area contributed by atoms with Crippen molar-refractivity contribution in [2.24, 2.45) is 0 Å². The lowest BCUT2D eigenvalue weighted by Gasteiger charge is -2.34. The summed E-state index contributed by atoms with van der Waals surface area (Å²) in [5.74, 6) is 1.28. The van der Waals surface area contributed by atoms with Crippen molar-refractivity contribution >= 4 is 11.8 Å². The van der Waals surface area contributed by atoms with Gasteiger partial charge in [-0.1, -0.05) is 0 Å². The largest absolute Gasteiger partial charge is 0.368 e. The van der Waals surface area contributed by atoms with Gasteiger partial charge in [-0.2, -0.15) is 0 Å². The van der Waals surface area contributed by atoms with Crippen LogP contribution in [0.1, 0.15) is 62.0 Å². The summed E-state index contributed by atoms with van der Waals surface area (Å²) in [5.41, 5.74) is 2.09. The summed E-state index contributed by atoms with van der Waals surface area (Å²) in [7, 11) is 0. The maximum absolute atomic E-state index is 12.7. The number of carbonyl (C=O) groups is 2. The minimum absolute atomic E-state index is 0.105. The number of amides is 2. The van der Waals surface area contributed by atoms with Crippen LogP contribution in [0, 0.1) is 0 Å². The van der Waals surface area contributed by atoms with Crippen LogP contribution >= 0.6 is 0 Å². The molecule has 7 nitrogen and oxygen atoms in total. The third-order valence-corrected chi connectivity index (χ3v) is 5.95.